The summed E-state index contributed by atoms with van der Waals surface area (Å²) in [6.07, 6.45) is 10.7. The number of piperazine rings is 1. The molecular weight excluding hydrogens is 324 g/mol. The Labute approximate surface area is 156 Å². The minimum absolute atomic E-state index is 0.268. The van der Waals surface area contributed by atoms with Gasteiger partial charge in [-0.25, -0.2) is 0 Å². The lowest BCUT2D eigenvalue weighted by molar-refractivity contribution is -0.138. The molecule has 3 atom stereocenters. The van der Waals surface area contributed by atoms with E-state index in [1.165, 1.54) is 18.4 Å². The Bertz CT molecular complexity index is 739. The standard InChI is InChI=1S/C21H30N4O/c1-3-25-14-16(15(2)22-25)13-23-8-10-24(11-9-23)20(26)18-12-17-4-5-19(18)21(17)6-7-21/h4-5,14,17-19H,3,6-13H2,1-2H3/t17-,18+,19-/m1/s1. The zero-order valence-corrected chi connectivity index (χ0v) is 16.0. The number of rotatable bonds is 4. The van der Waals surface area contributed by atoms with Gasteiger partial charge in [0.05, 0.1) is 5.69 Å². The van der Waals surface area contributed by atoms with E-state index in [-0.39, 0.29) is 5.92 Å². The van der Waals surface area contributed by atoms with Gasteiger partial charge in [0.1, 0.15) is 0 Å². The lowest BCUT2D eigenvalue weighted by Crippen LogP contribution is -2.50. The first kappa shape index (κ1) is 16.5. The monoisotopic (exact) mass is 354 g/mol. The zero-order chi connectivity index (χ0) is 17.9. The van der Waals surface area contributed by atoms with E-state index in [0.717, 1.165) is 51.4 Å². The van der Waals surface area contributed by atoms with E-state index in [0.29, 0.717) is 23.2 Å². The number of aryl methyl sites for hydroxylation is 2. The van der Waals surface area contributed by atoms with E-state index in [1.807, 2.05) is 4.68 Å². The predicted molar refractivity (Wildman–Crippen MR) is 100 cm³/mol. The molecule has 2 bridgehead atoms. The van der Waals surface area contributed by atoms with Crippen molar-refractivity contribution in [3.8, 4) is 0 Å². The van der Waals surface area contributed by atoms with E-state index in [1.54, 1.807) is 0 Å². The summed E-state index contributed by atoms with van der Waals surface area (Å²) in [5.74, 6) is 1.94. The molecule has 5 heteroatoms. The van der Waals surface area contributed by atoms with Gasteiger partial charge in [0.15, 0.2) is 0 Å². The number of allylic oxidation sites excluding steroid dienone is 2. The fourth-order valence-corrected chi connectivity index (χ4v) is 5.73. The molecule has 5 rings (SSSR count). The zero-order valence-electron chi connectivity index (χ0n) is 16.0. The van der Waals surface area contributed by atoms with Crippen molar-refractivity contribution in [3.05, 3.63) is 29.6 Å². The van der Waals surface area contributed by atoms with Crippen LogP contribution < -0.4 is 0 Å². The minimum atomic E-state index is 0.268. The Morgan fingerprint density at radius 1 is 1.23 bits per heavy atom. The molecule has 140 valence electrons. The van der Waals surface area contributed by atoms with Crippen LogP contribution in [0, 0.1) is 30.1 Å². The van der Waals surface area contributed by atoms with Crippen LogP contribution in [-0.4, -0.2) is 51.7 Å². The van der Waals surface area contributed by atoms with Gasteiger partial charge in [-0.2, -0.15) is 5.10 Å². The van der Waals surface area contributed by atoms with Crippen LogP contribution in [0.15, 0.2) is 18.3 Å². The third-order valence-corrected chi connectivity index (χ3v) is 7.49. The van der Waals surface area contributed by atoms with Crippen LogP contribution in [0.25, 0.3) is 0 Å². The number of hydrogen-bond donors (Lipinski definition) is 0. The first-order chi connectivity index (χ1) is 12.6. The van der Waals surface area contributed by atoms with E-state index in [9.17, 15) is 4.79 Å². The molecule has 2 heterocycles. The molecule has 1 aliphatic heterocycles. The molecule has 1 aromatic heterocycles. The largest absolute Gasteiger partial charge is 0.340 e. The Balaban J connectivity index is 1.18. The molecule has 0 N–H and O–H groups in total. The number of amides is 1. The summed E-state index contributed by atoms with van der Waals surface area (Å²) in [7, 11) is 0. The highest BCUT2D eigenvalue weighted by molar-refractivity contribution is 5.80. The summed E-state index contributed by atoms with van der Waals surface area (Å²) >= 11 is 0. The Morgan fingerprint density at radius 3 is 2.62 bits per heavy atom. The smallest absolute Gasteiger partial charge is 0.226 e. The molecule has 26 heavy (non-hydrogen) atoms. The van der Waals surface area contributed by atoms with Gasteiger partial charge in [-0.05, 0) is 50.4 Å². The SMILES string of the molecule is CCn1cc(CN2CCN(C(=O)[C@H]3C[C@H]4C=C[C@H]3C43CC3)CC2)c(C)n1. The third-order valence-electron chi connectivity index (χ3n) is 7.49. The highest BCUT2D eigenvalue weighted by Gasteiger charge is 2.64. The van der Waals surface area contributed by atoms with Gasteiger partial charge in [-0.15, -0.1) is 0 Å². The van der Waals surface area contributed by atoms with Gasteiger partial charge >= 0.3 is 0 Å². The predicted octanol–water partition coefficient (Wildman–Crippen LogP) is 2.46. The van der Waals surface area contributed by atoms with Crippen LogP contribution >= 0.6 is 0 Å². The molecule has 1 spiro atoms. The molecule has 0 unspecified atom stereocenters. The molecule has 1 saturated heterocycles. The average molecular weight is 354 g/mol. The highest BCUT2D eigenvalue weighted by atomic mass is 16.2. The topological polar surface area (TPSA) is 41.4 Å². The first-order valence-electron chi connectivity index (χ1n) is 10.3. The lowest BCUT2D eigenvalue weighted by atomic mass is 9.88. The second-order valence-corrected chi connectivity index (χ2v) is 8.79. The van der Waals surface area contributed by atoms with Gasteiger partial charge in [-0.3, -0.25) is 14.4 Å². The maximum Gasteiger partial charge on any atom is 0.226 e. The molecule has 5 nitrogen and oxygen atoms in total. The number of hydrogen-bond acceptors (Lipinski definition) is 3. The van der Waals surface area contributed by atoms with E-state index >= 15 is 0 Å². The van der Waals surface area contributed by atoms with Crippen molar-refractivity contribution in [1.29, 1.82) is 0 Å². The van der Waals surface area contributed by atoms with E-state index in [4.69, 9.17) is 0 Å². The number of carbonyl (C=O) groups is 1. The van der Waals surface area contributed by atoms with Crippen molar-refractivity contribution >= 4 is 5.91 Å². The first-order valence-corrected chi connectivity index (χ1v) is 10.3. The summed E-state index contributed by atoms with van der Waals surface area (Å²) in [6.45, 7) is 9.80. The normalized spacial score (nSPS) is 31.9. The Hall–Kier alpha value is -1.62. The number of nitrogens with zero attached hydrogens (tertiary/aromatic N) is 4. The summed E-state index contributed by atoms with van der Waals surface area (Å²) in [5.41, 5.74) is 2.97. The number of carbonyl (C=O) groups excluding carboxylic acids is 1. The molecule has 3 fully saturated rings. The van der Waals surface area contributed by atoms with Gasteiger partial charge in [0.2, 0.25) is 5.91 Å². The molecule has 4 aliphatic rings. The second-order valence-electron chi connectivity index (χ2n) is 8.79. The Kier molecular flexibility index (Phi) is 3.78. The fourth-order valence-electron chi connectivity index (χ4n) is 5.73. The summed E-state index contributed by atoms with van der Waals surface area (Å²) in [4.78, 5) is 17.7. The quantitative estimate of drug-likeness (QED) is 0.780. The Morgan fingerprint density at radius 2 is 2.00 bits per heavy atom. The van der Waals surface area contributed by atoms with Crippen LogP contribution in [-0.2, 0) is 17.9 Å². The molecule has 0 aromatic carbocycles. The van der Waals surface area contributed by atoms with Crippen LogP contribution in [0.1, 0.15) is 37.4 Å². The number of aromatic nitrogens is 2. The molecular formula is C21H30N4O. The van der Waals surface area contributed by atoms with Gasteiger partial charge < -0.3 is 4.90 Å². The lowest BCUT2D eigenvalue weighted by Gasteiger charge is -2.37. The van der Waals surface area contributed by atoms with Crippen molar-refractivity contribution in [3.63, 3.8) is 0 Å². The second kappa shape index (κ2) is 5.95. The van der Waals surface area contributed by atoms with Crippen LogP contribution in [0.5, 0.6) is 0 Å². The van der Waals surface area contributed by atoms with Gasteiger partial charge in [0, 0.05) is 56.9 Å². The summed E-state index contributed by atoms with van der Waals surface area (Å²) in [6, 6.07) is 0. The average Bonchev–Trinajstić information content (AvgIpc) is 3.20. The van der Waals surface area contributed by atoms with Crippen molar-refractivity contribution in [2.75, 3.05) is 26.2 Å². The third kappa shape index (κ3) is 2.47. The molecule has 3 aliphatic carbocycles. The van der Waals surface area contributed by atoms with Crippen molar-refractivity contribution in [2.45, 2.75) is 46.2 Å². The van der Waals surface area contributed by atoms with Crippen LogP contribution in [0.2, 0.25) is 0 Å². The van der Waals surface area contributed by atoms with Gasteiger partial charge in [0.25, 0.3) is 0 Å². The van der Waals surface area contributed by atoms with Gasteiger partial charge in [-0.1, -0.05) is 12.2 Å². The minimum Gasteiger partial charge on any atom is -0.340 e. The fraction of sp³-hybridized carbons (Fsp3) is 0.714. The summed E-state index contributed by atoms with van der Waals surface area (Å²) < 4.78 is 2.01. The maximum absolute atomic E-state index is 13.1. The maximum atomic E-state index is 13.1. The molecule has 1 amide bonds. The van der Waals surface area contributed by atoms with Crippen molar-refractivity contribution in [1.82, 2.24) is 19.6 Å². The molecule has 1 aromatic rings. The highest BCUT2D eigenvalue weighted by Crippen LogP contribution is 2.70. The van der Waals surface area contributed by atoms with Crippen molar-refractivity contribution in [2.24, 2.45) is 23.2 Å². The molecule has 2 saturated carbocycles. The van der Waals surface area contributed by atoms with Crippen molar-refractivity contribution < 1.29 is 4.79 Å². The van der Waals surface area contributed by atoms with Crippen LogP contribution in [0.3, 0.4) is 0 Å². The summed E-state index contributed by atoms with van der Waals surface area (Å²) in [5, 5.41) is 4.55. The molecule has 0 radical (unpaired) electrons. The van der Waals surface area contributed by atoms with E-state index < -0.39 is 0 Å². The van der Waals surface area contributed by atoms with Crippen LogP contribution in [0.4, 0.5) is 0 Å². The van der Waals surface area contributed by atoms with E-state index in [2.05, 4.69) is 47.1 Å².